The summed E-state index contributed by atoms with van der Waals surface area (Å²) < 4.78 is 29.7. The SMILES string of the molecule is COc1cccc(C(=O)NCC(c2ccco2)N2CCN(c3ccc(F)cc3)CC2)c1OC. The maximum absolute atomic E-state index is 13.3. The number of amides is 1. The first kappa shape index (κ1) is 22.7. The molecule has 1 aliphatic heterocycles. The lowest BCUT2D eigenvalue weighted by molar-refractivity contribution is 0.0919. The lowest BCUT2D eigenvalue weighted by Gasteiger charge is -2.39. The maximum atomic E-state index is 13.3. The monoisotopic (exact) mass is 453 g/mol. The standard InChI is InChI=1S/C25H28FN3O4/c1-31-23-6-3-5-20(24(23)32-2)25(30)27-17-21(22-7-4-16-33-22)29-14-12-28(13-15-29)19-10-8-18(26)9-11-19/h3-11,16,21H,12-15,17H2,1-2H3,(H,27,30). The van der Waals surface area contributed by atoms with Gasteiger partial charge >= 0.3 is 0 Å². The van der Waals surface area contributed by atoms with Gasteiger partial charge in [0.25, 0.3) is 5.91 Å². The highest BCUT2D eigenvalue weighted by atomic mass is 19.1. The predicted molar refractivity (Wildman–Crippen MR) is 124 cm³/mol. The summed E-state index contributed by atoms with van der Waals surface area (Å²) in [5.74, 6) is 1.22. The molecule has 0 saturated carbocycles. The van der Waals surface area contributed by atoms with Gasteiger partial charge in [-0.2, -0.15) is 0 Å². The fourth-order valence-electron chi connectivity index (χ4n) is 4.18. The van der Waals surface area contributed by atoms with E-state index < -0.39 is 0 Å². The predicted octanol–water partition coefficient (Wildman–Crippen LogP) is 3.73. The number of furan rings is 1. The molecule has 4 rings (SSSR count). The normalized spacial score (nSPS) is 15.2. The van der Waals surface area contributed by atoms with Crippen LogP contribution in [0.25, 0.3) is 0 Å². The highest BCUT2D eigenvalue weighted by Gasteiger charge is 2.28. The van der Waals surface area contributed by atoms with E-state index in [4.69, 9.17) is 13.9 Å². The molecule has 0 spiro atoms. The van der Waals surface area contributed by atoms with Gasteiger partial charge in [-0.15, -0.1) is 0 Å². The largest absolute Gasteiger partial charge is 0.493 e. The second kappa shape index (κ2) is 10.4. The van der Waals surface area contributed by atoms with Crippen molar-refractivity contribution in [2.45, 2.75) is 6.04 Å². The number of rotatable bonds is 8. The zero-order valence-corrected chi connectivity index (χ0v) is 18.8. The molecule has 2 heterocycles. The number of ether oxygens (including phenoxy) is 2. The van der Waals surface area contributed by atoms with Gasteiger partial charge in [0.2, 0.25) is 0 Å². The number of halogens is 1. The lowest BCUT2D eigenvalue weighted by Crippen LogP contribution is -2.49. The minimum Gasteiger partial charge on any atom is -0.493 e. The average molecular weight is 454 g/mol. The molecule has 0 radical (unpaired) electrons. The smallest absolute Gasteiger partial charge is 0.255 e. The van der Waals surface area contributed by atoms with Crippen LogP contribution in [0, 0.1) is 5.82 Å². The Morgan fingerprint density at radius 2 is 1.79 bits per heavy atom. The second-order valence-electron chi connectivity index (χ2n) is 7.78. The molecule has 1 fully saturated rings. The summed E-state index contributed by atoms with van der Waals surface area (Å²) in [6.07, 6.45) is 1.64. The Balaban J connectivity index is 1.44. The minimum atomic E-state index is -0.243. The molecule has 1 unspecified atom stereocenters. The molecule has 1 aliphatic rings. The van der Waals surface area contributed by atoms with Gasteiger partial charge in [0.15, 0.2) is 11.5 Å². The van der Waals surface area contributed by atoms with Crippen LogP contribution in [0.3, 0.4) is 0 Å². The highest BCUT2D eigenvalue weighted by Crippen LogP contribution is 2.31. The molecule has 174 valence electrons. The molecule has 1 N–H and O–H groups in total. The molecular weight excluding hydrogens is 425 g/mol. The van der Waals surface area contributed by atoms with Crippen LogP contribution in [-0.4, -0.2) is 57.8 Å². The van der Waals surface area contributed by atoms with Crippen LogP contribution < -0.4 is 19.7 Å². The highest BCUT2D eigenvalue weighted by molar-refractivity contribution is 5.97. The molecule has 0 aliphatic carbocycles. The maximum Gasteiger partial charge on any atom is 0.255 e. The number of para-hydroxylation sites is 1. The van der Waals surface area contributed by atoms with Crippen molar-refractivity contribution in [3.63, 3.8) is 0 Å². The number of hydrogen-bond acceptors (Lipinski definition) is 6. The number of piperazine rings is 1. The van der Waals surface area contributed by atoms with Crippen molar-refractivity contribution in [1.82, 2.24) is 10.2 Å². The molecule has 0 bridgehead atoms. The van der Waals surface area contributed by atoms with Crippen LogP contribution in [0.2, 0.25) is 0 Å². The zero-order chi connectivity index (χ0) is 23.2. The summed E-state index contributed by atoms with van der Waals surface area (Å²) in [5, 5.41) is 3.03. The molecule has 1 aromatic heterocycles. The van der Waals surface area contributed by atoms with Crippen LogP contribution in [-0.2, 0) is 0 Å². The Kier molecular flexibility index (Phi) is 7.14. The van der Waals surface area contributed by atoms with Crippen molar-refractivity contribution in [2.75, 3.05) is 51.8 Å². The van der Waals surface area contributed by atoms with E-state index in [0.717, 1.165) is 37.6 Å². The van der Waals surface area contributed by atoms with E-state index in [-0.39, 0.29) is 17.8 Å². The lowest BCUT2D eigenvalue weighted by atomic mass is 10.1. The summed E-state index contributed by atoms with van der Waals surface area (Å²) in [7, 11) is 3.05. The fourth-order valence-corrected chi connectivity index (χ4v) is 4.18. The minimum absolute atomic E-state index is 0.115. The Labute approximate surface area is 192 Å². The first-order valence-electron chi connectivity index (χ1n) is 10.9. The van der Waals surface area contributed by atoms with Crippen molar-refractivity contribution in [3.8, 4) is 11.5 Å². The Morgan fingerprint density at radius 3 is 2.42 bits per heavy atom. The van der Waals surface area contributed by atoms with Crippen molar-refractivity contribution in [2.24, 2.45) is 0 Å². The number of anilines is 1. The first-order valence-corrected chi connectivity index (χ1v) is 10.9. The van der Waals surface area contributed by atoms with Gasteiger partial charge in [-0.25, -0.2) is 4.39 Å². The summed E-state index contributed by atoms with van der Waals surface area (Å²) in [5.41, 5.74) is 1.42. The van der Waals surface area contributed by atoms with Gasteiger partial charge in [-0.1, -0.05) is 6.07 Å². The number of benzene rings is 2. The van der Waals surface area contributed by atoms with Crippen LogP contribution in [0.5, 0.6) is 11.5 Å². The number of hydrogen-bond donors (Lipinski definition) is 1. The van der Waals surface area contributed by atoms with E-state index in [1.165, 1.54) is 26.4 Å². The third kappa shape index (κ3) is 5.12. The number of carbonyl (C=O) groups excluding carboxylic acids is 1. The van der Waals surface area contributed by atoms with Crippen LogP contribution in [0.1, 0.15) is 22.2 Å². The first-order chi connectivity index (χ1) is 16.1. The number of carbonyl (C=O) groups is 1. The molecular formula is C25H28FN3O4. The molecule has 1 atom stereocenters. The van der Waals surface area contributed by atoms with E-state index >= 15 is 0 Å². The number of nitrogens with zero attached hydrogens (tertiary/aromatic N) is 2. The average Bonchev–Trinajstić information content (AvgIpc) is 3.39. The number of methoxy groups -OCH3 is 2. The molecule has 1 amide bonds. The van der Waals surface area contributed by atoms with E-state index in [9.17, 15) is 9.18 Å². The van der Waals surface area contributed by atoms with Gasteiger partial charge in [0, 0.05) is 38.4 Å². The molecule has 3 aromatic rings. The summed E-state index contributed by atoms with van der Waals surface area (Å²) in [6, 6.07) is 15.4. The van der Waals surface area contributed by atoms with Gasteiger partial charge < -0.3 is 24.1 Å². The topological polar surface area (TPSA) is 67.2 Å². The summed E-state index contributed by atoms with van der Waals surface area (Å²) in [6.45, 7) is 3.52. The Morgan fingerprint density at radius 1 is 1.03 bits per heavy atom. The summed E-state index contributed by atoms with van der Waals surface area (Å²) in [4.78, 5) is 17.5. The zero-order valence-electron chi connectivity index (χ0n) is 18.8. The van der Waals surface area contributed by atoms with Gasteiger partial charge in [0.1, 0.15) is 11.6 Å². The fraction of sp³-hybridized carbons (Fsp3) is 0.320. The summed E-state index contributed by atoms with van der Waals surface area (Å²) >= 11 is 0. The van der Waals surface area contributed by atoms with Crippen molar-refractivity contribution >= 4 is 11.6 Å². The Hall–Kier alpha value is -3.52. The molecule has 8 heteroatoms. The van der Waals surface area contributed by atoms with Crippen LogP contribution in [0.4, 0.5) is 10.1 Å². The van der Waals surface area contributed by atoms with E-state index in [1.54, 1.807) is 36.6 Å². The second-order valence-corrected chi connectivity index (χ2v) is 7.78. The van der Waals surface area contributed by atoms with Crippen molar-refractivity contribution in [1.29, 1.82) is 0 Å². The molecule has 33 heavy (non-hydrogen) atoms. The van der Waals surface area contributed by atoms with Gasteiger partial charge in [0.05, 0.1) is 32.1 Å². The van der Waals surface area contributed by atoms with E-state index in [2.05, 4.69) is 15.1 Å². The quantitative estimate of drug-likeness (QED) is 0.561. The van der Waals surface area contributed by atoms with Crippen LogP contribution in [0.15, 0.2) is 65.3 Å². The van der Waals surface area contributed by atoms with Crippen molar-refractivity contribution < 1.29 is 23.1 Å². The third-order valence-corrected chi connectivity index (χ3v) is 5.92. The molecule has 1 saturated heterocycles. The van der Waals surface area contributed by atoms with Crippen molar-refractivity contribution in [3.05, 3.63) is 78.0 Å². The van der Waals surface area contributed by atoms with Crippen LogP contribution >= 0.6 is 0 Å². The Bertz CT molecular complexity index is 1050. The van der Waals surface area contributed by atoms with E-state index in [1.807, 2.05) is 12.1 Å². The molecule has 7 nitrogen and oxygen atoms in total. The third-order valence-electron chi connectivity index (χ3n) is 5.92. The van der Waals surface area contributed by atoms with E-state index in [0.29, 0.717) is 23.6 Å². The van der Waals surface area contributed by atoms with Gasteiger partial charge in [-0.3, -0.25) is 9.69 Å². The van der Waals surface area contributed by atoms with Gasteiger partial charge in [-0.05, 0) is 48.5 Å². The molecule has 2 aromatic carbocycles. The number of nitrogens with one attached hydrogen (secondary N) is 1.